The summed E-state index contributed by atoms with van der Waals surface area (Å²) in [5, 5.41) is 5.36. The van der Waals surface area contributed by atoms with Crippen molar-refractivity contribution < 1.29 is 18.4 Å². The Balaban J connectivity index is 0.00000364. The number of para-hydroxylation sites is 1. The molecule has 2 aromatic rings. The number of halogens is 3. The van der Waals surface area contributed by atoms with Crippen molar-refractivity contribution in [3.05, 3.63) is 65.2 Å². The van der Waals surface area contributed by atoms with Crippen LogP contribution < -0.4 is 16.4 Å². The average Bonchev–Trinajstić information content (AvgIpc) is 2.63. The third-order valence-corrected chi connectivity index (χ3v) is 3.73. The number of hydrogen-bond acceptors (Lipinski definition) is 3. The minimum Gasteiger partial charge on any atom is -0.351 e. The first kappa shape index (κ1) is 22.5. The topological polar surface area (TPSA) is 84.2 Å². The molecule has 0 aliphatic heterocycles. The minimum absolute atomic E-state index is 0. The molecule has 2 amide bonds. The molecule has 0 heterocycles. The molecule has 2 aromatic carbocycles. The Hall–Kier alpha value is -2.51. The maximum atomic E-state index is 13.2. The number of anilines is 1. The molecule has 0 atom stereocenters. The van der Waals surface area contributed by atoms with Crippen molar-refractivity contribution in [1.29, 1.82) is 0 Å². The highest BCUT2D eigenvalue weighted by Gasteiger charge is 2.12. The highest BCUT2D eigenvalue weighted by Crippen LogP contribution is 2.16. The average molecular weight is 398 g/mol. The van der Waals surface area contributed by atoms with E-state index in [1.165, 1.54) is 6.07 Å². The fourth-order valence-electron chi connectivity index (χ4n) is 2.43. The van der Waals surface area contributed by atoms with Crippen LogP contribution >= 0.6 is 12.4 Å². The number of rotatable bonds is 8. The van der Waals surface area contributed by atoms with E-state index in [-0.39, 0.29) is 30.6 Å². The number of nitrogens with one attached hydrogen (secondary N) is 2. The second-order valence-corrected chi connectivity index (χ2v) is 5.74. The van der Waals surface area contributed by atoms with Crippen LogP contribution in [0.15, 0.2) is 42.5 Å². The monoisotopic (exact) mass is 397 g/mol. The van der Waals surface area contributed by atoms with Gasteiger partial charge in [-0.2, -0.15) is 0 Å². The van der Waals surface area contributed by atoms with Crippen LogP contribution in [-0.4, -0.2) is 24.9 Å². The SMILES string of the molecule is Cl.NCCNC(=O)c1ccccc1NC(=O)CCCc1ccc(F)c(F)c1. The van der Waals surface area contributed by atoms with Gasteiger partial charge in [0.2, 0.25) is 5.91 Å². The van der Waals surface area contributed by atoms with Crippen LogP contribution in [0.2, 0.25) is 0 Å². The Bertz CT molecular complexity index is 787. The van der Waals surface area contributed by atoms with Crippen LogP contribution in [0.5, 0.6) is 0 Å². The number of carbonyl (C=O) groups excluding carboxylic acids is 2. The lowest BCUT2D eigenvalue weighted by Gasteiger charge is -2.11. The molecule has 8 heteroatoms. The van der Waals surface area contributed by atoms with E-state index in [4.69, 9.17) is 5.73 Å². The van der Waals surface area contributed by atoms with Crippen molar-refractivity contribution in [2.24, 2.45) is 5.73 Å². The summed E-state index contributed by atoms with van der Waals surface area (Å²) < 4.78 is 26.1. The number of nitrogens with two attached hydrogens (primary N) is 1. The molecule has 5 nitrogen and oxygen atoms in total. The lowest BCUT2D eigenvalue weighted by atomic mass is 10.1. The van der Waals surface area contributed by atoms with E-state index in [1.807, 2.05) is 0 Å². The van der Waals surface area contributed by atoms with Gasteiger partial charge in [-0.05, 0) is 42.7 Å². The molecule has 27 heavy (non-hydrogen) atoms. The molecule has 0 saturated heterocycles. The third-order valence-electron chi connectivity index (χ3n) is 3.73. The van der Waals surface area contributed by atoms with Crippen LogP contribution in [0.1, 0.15) is 28.8 Å². The van der Waals surface area contributed by atoms with Crippen molar-refractivity contribution >= 4 is 29.9 Å². The van der Waals surface area contributed by atoms with Crippen molar-refractivity contribution in [2.75, 3.05) is 18.4 Å². The highest BCUT2D eigenvalue weighted by molar-refractivity contribution is 6.03. The van der Waals surface area contributed by atoms with Crippen LogP contribution in [0.3, 0.4) is 0 Å². The Morgan fingerprint density at radius 1 is 1.04 bits per heavy atom. The molecule has 0 bridgehead atoms. The standard InChI is InChI=1S/C19H21F2N3O2.ClH/c20-15-9-8-13(12-16(15)21)4-3-7-18(25)24-17-6-2-1-5-14(17)19(26)23-11-10-22;/h1-2,5-6,8-9,12H,3-4,7,10-11,22H2,(H,23,26)(H,24,25);1H. The Morgan fingerprint density at radius 2 is 1.78 bits per heavy atom. The molecule has 0 aliphatic rings. The summed E-state index contributed by atoms with van der Waals surface area (Å²) >= 11 is 0. The molecule has 0 saturated carbocycles. The van der Waals surface area contributed by atoms with Crippen molar-refractivity contribution in [3.8, 4) is 0 Å². The summed E-state index contributed by atoms with van der Waals surface area (Å²) in [6, 6.07) is 10.4. The van der Waals surface area contributed by atoms with Gasteiger partial charge in [-0.3, -0.25) is 9.59 Å². The molecule has 0 radical (unpaired) electrons. The minimum atomic E-state index is -0.899. The molecular weight excluding hydrogens is 376 g/mol. The van der Waals surface area contributed by atoms with Gasteiger partial charge in [0.15, 0.2) is 11.6 Å². The van der Waals surface area contributed by atoms with E-state index in [0.717, 1.165) is 12.1 Å². The highest BCUT2D eigenvalue weighted by atomic mass is 35.5. The molecule has 4 N–H and O–H groups in total. The van der Waals surface area contributed by atoms with Crippen LogP contribution in [-0.2, 0) is 11.2 Å². The van der Waals surface area contributed by atoms with Gasteiger partial charge < -0.3 is 16.4 Å². The maximum absolute atomic E-state index is 13.2. The Kier molecular flexibility index (Phi) is 9.39. The summed E-state index contributed by atoms with van der Waals surface area (Å²) in [6.45, 7) is 0.666. The van der Waals surface area contributed by atoms with Gasteiger partial charge in [-0.15, -0.1) is 12.4 Å². The zero-order valence-corrected chi connectivity index (χ0v) is 15.5. The normalized spacial score (nSPS) is 10.0. The lowest BCUT2D eigenvalue weighted by molar-refractivity contribution is -0.116. The quantitative estimate of drug-likeness (QED) is 0.640. The molecule has 0 fully saturated rings. The number of aryl methyl sites for hydroxylation is 1. The van der Waals surface area contributed by atoms with Crippen molar-refractivity contribution in [1.82, 2.24) is 5.32 Å². The summed E-state index contributed by atoms with van der Waals surface area (Å²) in [5.41, 5.74) is 6.76. The molecule has 2 rings (SSSR count). The van der Waals surface area contributed by atoms with E-state index in [0.29, 0.717) is 42.7 Å². The van der Waals surface area contributed by atoms with Gasteiger partial charge in [0.05, 0.1) is 11.3 Å². The molecular formula is C19H22ClF2N3O2. The van der Waals surface area contributed by atoms with Gasteiger partial charge in [0, 0.05) is 19.5 Å². The first-order valence-electron chi connectivity index (χ1n) is 8.32. The molecule has 146 valence electrons. The number of hydrogen-bond donors (Lipinski definition) is 3. The van der Waals surface area contributed by atoms with Gasteiger partial charge in [0.25, 0.3) is 5.91 Å². The van der Waals surface area contributed by atoms with E-state index in [9.17, 15) is 18.4 Å². The molecule has 0 unspecified atom stereocenters. The second kappa shape index (κ2) is 11.3. The van der Waals surface area contributed by atoms with E-state index >= 15 is 0 Å². The summed E-state index contributed by atoms with van der Waals surface area (Å²) in [6.07, 6.45) is 1.11. The van der Waals surface area contributed by atoms with E-state index in [1.54, 1.807) is 24.3 Å². The molecule has 0 spiro atoms. The predicted molar refractivity (Wildman–Crippen MR) is 103 cm³/mol. The van der Waals surface area contributed by atoms with Crippen molar-refractivity contribution in [2.45, 2.75) is 19.3 Å². The molecule has 0 aliphatic carbocycles. The Morgan fingerprint density at radius 3 is 2.48 bits per heavy atom. The largest absolute Gasteiger partial charge is 0.351 e. The number of benzene rings is 2. The van der Waals surface area contributed by atoms with Gasteiger partial charge in [-0.1, -0.05) is 18.2 Å². The van der Waals surface area contributed by atoms with Gasteiger partial charge in [0.1, 0.15) is 0 Å². The van der Waals surface area contributed by atoms with E-state index in [2.05, 4.69) is 10.6 Å². The Labute approximate surface area is 162 Å². The maximum Gasteiger partial charge on any atom is 0.253 e. The summed E-state index contributed by atoms with van der Waals surface area (Å²) in [4.78, 5) is 24.2. The fourth-order valence-corrected chi connectivity index (χ4v) is 2.43. The fraction of sp³-hybridized carbons (Fsp3) is 0.263. The van der Waals surface area contributed by atoms with Gasteiger partial charge in [-0.25, -0.2) is 8.78 Å². The first-order valence-corrected chi connectivity index (χ1v) is 8.32. The first-order chi connectivity index (χ1) is 12.5. The second-order valence-electron chi connectivity index (χ2n) is 5.74. The predicted octanol–water partition coefficient (Wildman–Crippen LogP) is 3.04. The summed E-state index contributed by atoms with van der Waals surface area (Å²) in [7, 11) is 0. The van der Waals surface area contributed by atoms with Gasteiger partial charge >= 0.3 is 0 Å². The van der Waals surface area contributed by atoms with Crippen molar-refractivity contribution in [3.63, 3.8) is 0 Å². The number of amides is 2. The lowest BCUT2D eigenvalue weighted by Crippen LogP contribution is -2.29. The smallest absolute Gasteiger partial charge is 0.253 e. The third kappa shape index (κ3) is 6.96. The van der Waals surface area contributed by atoms with Crippen LogP contribution in [0.4, 0.5) is 14.5 Å². The van der Waals surface area contributed by atoms with E-state index < -0.39 is 11.6 Å². The zero-order chi connectivity index (χ0) is 18.9. The summed E-state index contributed by atoms with van der Waals surface area (Å²) in [5.74, 6) is -2.36. The molecule has 0 aromatic heterocycles. The van der Waals surface area contributed by atoms with Crippen LogP contribution in [0.25, 0.3) is 0 Å². The number of carbonyl (C=O) groups is 2. The van der Waals surface area contributed by atoms with Crippen LogP contribution in [0, 0.1) is 11.6 Å². The zero-order valence-electron chi connectivity index (χ0n) is 14.6.